The fourth-order valence-corrected chi connectivity index (χ4v) is 5.26. The molecule has 3 aliphatic heterocycles. The Kier molecular flexibility index (Phi) is 6.46. The van der Waals surface area contributed by atoms with Crippen LogP contribution in [0.1, 0.15) is 39.2 Å². The van der Waals surface area contributed by atoms with Crippen molar-refractivity contribution in [2.75, 3.05) is 23.7 Å². The third-order valence-corrected chi connectivity index (χ3v) is 7.34. The number of carbonyl (C=O) groups is 1. The van der Waals surface area contributed by atoms with E-state index in [2.05, 4.69) is 55.9 Å². The number of amidine groups is 2. The van der Waals surface area contributed by atoms with E-state index in [-0.39, 0.29) is 24.0 Å². The number of rotatable bonds is 4. The number of hydrogen-bond acceptors (Lipinski definition) is 6. The number of aliphatic imine (C=N–C) groups is 1. The van der Waals surface area contributed by atoms with Crippen LogP contribution in [0.25, 0.3) is 0 Å². The van der Waals surface area contributed by atoms with Crippen LogP contribution < -0.4 is 15.8 Å². The molecular formula is C22H32N6OS. The van der Waals surface area contributed by atoms with Gasteiger partial charge >= 0.3 is 0 Å². The lowest BCUT2D eigenvalue weighted by atomic mass is 9.97. The second-order valence-electron chi connectivity index (χ2n) is 8.55. The highest BCUT2D eigenvalue weighted by Gasteiger charge is 2.43. The number of amides is 1. The maximum Gasteiger partial charge on any atom is 0.233 e. The van der Waals surface area contributed by atoms with E-state index in [9.17, 15) is 4.79 Å². The van der Waals surface area contributed by atoms with Crippen LogP contribution in [0.2, 0.25) is 0 Å². The van der Waals surface area contributed by atoms with Gasteiger partial charge in [0.25, 0.3) is 0 Å². The topological polar surface area (TPSA) is 83.8 Å². The van der Waals surface area contributed by atoms with Crippen molar-refractivity contribution in [2.45, 2.75) is 52.2 Å². The monoisotopic (exact) mass is 428 g/mol. The number of benzene rings is 1. The summed E-state index contributed by atoms with van der Waals surface area (Å²) in [6.45, 7) is 8.15. The fourth-order valence-electron chi connectivity index (χ4n) is 4.31. The number of likely N-dealkylation sites (tertiary alicyclic amines) is 1. The first-order chi connectivity index (χ1) is 14.5. The second-order valence-corrected chi connectivity index (χ2v) is 9.49. The largest absolute Gasteiger partial charge is 0.342 e. The molecule has 2 saturated heterocycles. The maximum atomic E-state index is 12.8. The molecule has 0 aromatic heterocycles. The minimum Gasteiger partial charge on any atom is -0.342 e. The molecule has 3 unspecified atom stereocenters. The Morgan fingerprint density at radius 2 is 1.90 bits per heavy atom. The van der Waals surface area contributed by atoms with Crippen LogP contribution in [-0.4, -0.2) is 52.9 Å². The zero-order valence-corrected chi connectivity index (χ0v) is 18.8. The number of nitrogens with zero attached hydrogens (tertiary/aromatic N) is 3. The SMILES string of the molecule is CCc1ccc(N2C(=N)C3C(C)NNC3N=C2SCC(=O)N2CCC(C)CC2)cc1. The van der Waals surface area contributed by atoms with E-state index in [0.29, 0.717) is 22.7 Å². The molecule has 1 aromatic carbocycles. The first kappa shape index (κ1) is 21.3. The van der Waals surface area contributed by atoms with E-state index in [1.165, 1.54) is 17.3 Å². The number of piperidine rings is 1. The molecular weight excluding hydrogens is 396 g/mol. The number of aryl methyl sites for hydroxylation is 1. The number of nitrogens with one attached hydrogen (secondary N) is 3. The molecule has 0 saturated carbocycles. The number of anilines is 1. The van der Waals surface area contributed by atoms with Gasteiger partial charge in [-0.1, -0.05) is 37.7 Å². The summed E-state index contributed by atoms with van der Waals surface area (Å²) in [5.41, 5.74) is 8.61. The van der Waals surface area contributed by atoms with Gasteiger partial charge in [0, 0.05) is 24.8 Å². The molecule has 0 radical (unpaired) electrons. The summed E-state index contributed by atoms with van der Waals surface area (Å²) in [6, 6.07) is 8.43. The minimum absolute atomic E-state index is 0.0421. The van der Waals surface area contributed by atoms with Crippen LogP contribution in [-0.2, 0) is 11.2 Å². The Balaban J connectivity index is 1.53. The summed E-state index contributed by atoms with van der Waals surface area (Å²) in [5, 5.41) is 9.65. The Morgan fingerprint density at radius 3 is 2.57 bits per heavy atom. The third kappa shape index (κ3) is 4.26. The molecule has 3 N–H and O–H groups in total. The highest BCUT2D eigenvalue weighted by molar-refractivity contribution is 8.14. The predicted octanol–water partition coefficient (Wildman–Crippen LogP) is 2.83. The molecule has 8 heteroatoms. The molecule has 162 valence electrons. The summed E-state index contributed by atoms with van der Waals surface area (Å²) in [6.07, 6.45) is 2.96. The van der Waals surface area contributed by atoms with Gasteiger partial charge in [-0.2, -0.15) is 0 Å². The minimum atomic E-state index is -0.174. The average molecular weight is 429 g/mol. The van der Waals surface area contributed by atoms with Crippen molar-refractivity contribution in [3.63, 3.8) is 0 Å². The van der Waals surface area contributed by atoms with Crippen molar-refractivity contribution in [1.29, 1.82) is 5.41 Å². The van der Waals surface area contributed by atoms with E-state index in [4.69, 9.17) is 10.4 Å². The lowest BCUT2D eigenvalue weighted by Crippen LogP contribution is -2.50. The molecule has 4 rings (SSSR count). The van der Waals surface area contributed by atoms with Gasteiger partial charge in [0.2, 0.25) is 5.91 Å². The Labute approximate surface area is 183 Å². The van der Waals surface area contributed by atoms with Crippen LogP contribution >= 0.6 is 11.8 Å². The van der Waals surface area contributed by atoms with Crippen molar-refractivity contribution >= 4 is 34.4 Å². The first-order valence-corrected chi connectivity index (χ1v) is 11.9. The zero-order chi connectivity index (χ0) is 21.3. The van der Waals surface area contributed by atoms with Gasteiger partial charge in [0.1, 0.15) is 12.0 Å². The number of hydrogen-bond donors (Lipinski definition) is 3. The highest BCUT2D eigenvalue weighted by atomic mass is 32.2. The summed E-state index contributed by atoms with van der Waals surface area (Å²) in [5.74, 6) is 1.69. The lowest BCUT2D eigenvalue weighted by Gasteiger charge is -2.36. The van der Waals surface area contributed by atoms with Gasteiger partial charge in [-0.15, -0.1) is 0 Å². The molecule has 2 fully saturated rings. The Bertz CT molecular complexity index is 817. The molecule has 30 heavy (non-hydrogen) atoms. The number of thioether (sulfide) groups is 1. The Hall–Kier alpha value is -1.90. The van der Waals surface area contributed by atoms with Crippen molar-refractivity contribution in [1.82, 2.24) is 15.8 Å². The van der Waals surface area contributed by atoms with E-state index in [1.807, 2.05) is 9.80 Å². The third-order valence-electron chi connectivity index (χ3n) is 6.40. The Morgan fingerprint density at radius 1 is 1.20 bits per heavy atom. The number of carbonyl (C=O) groups excluding carboxylic acids is 1. The summed E-state index contributed by atoms with van der Waals surface area (Å²) >= 11 is 1.44. The van der Waals surface area contributed by atoms with Gasteiger partial charge in [0.15, 0.2) is 5.17 Å². The van der Waals surface area contributed by atoms with Gasteiger partial charge in [-0.25, -0.2) is 10.4 Å². The average Bonchev–Trinajstić information content (AvgIpc) is 3.13. The zero-order valence-electron chi connectivity index (χ0n) is 18.0. The van der Waals surface area contributed by atoms with Crippen molar-refractivity contribution < 1.29 is 4.79 Å². The summed E-state index contributed by atoms with van der Waals surface area (Å²) in [4.78, 5) is 21.6. The van der Waals surface area contributed by atoms with Crippen LogP contribution in [0.15, 0.2) is 29.3 Å². The molecule has 3 atom stereocenters. The van der Waals surface area contributed by atoms with E-state index in [1.54, 1.807) is 0 Å². The molecule has 0 bridgehead atoms. The second kappa shape index (κ2) is 9.08. The number of fused-ring (bicyclic) bond motifs is 1. The summed E-state index contributed by atoms with van der Waals surface area (Å²) in [7, 11) is 0. The number of hydrazine groups is 1. The molecule has 0 aliphatic carbocycles. The standard InChI is InChI=1S/C22H32N6OS/c1-4-16-5-7-17(8-6-16)28-20(23)19-15(3)25-26-21(19)24-22(28)30-13-18(29)27-11-9-14(2)10-12-27/h5-8,14-15,19,21,23,25-26H,4,9-13H2,1-3H3. The summed E-state index contributed by atoms with van der Waals surface area (Å²) < 4.78 is 0. The van der Waals surface area contributed by atoms with Crippen LogP contribution in [0.5, 0.6) is 0 Å². The van der Waals surface area contributed by atoms with Crippen molar-refractivity contribution in [2.24, 2.45) is 16.8 Å². The quantitative estimate of drug-likeness (QED) is 0.687. The van der Waals surface area contributed by atoms with Gasteiger partial charge in [-0.3, -0.25) is 20.5 Å². The van der Waals surface area contributed by atoms with Gasteiger partial charge in [0.05, 0.1) is 11.7 Å². The molecule has 1 aromatic rings. The predicted molar refractivity (Wildman–Crippen MR) is 124 cm³/mol. The smallest absolute Gasteiger partial charge is 0.233 e. The van der Waals surface area contributed by atoms with Crippen molar-refractivity contribution in [3.05, 3.63) is 29.8 Å². The van der Waals surface area contributed by atoms with E-state index in [0.717, 1.165) is 38.0 Å². The van der Waals surface area contributed by atoms with Crippen molar-refractivity contribution in [3.8, 4) is 0 Å². The van der Waals surface area contributed by atoms with E-state index >= 15 is 0 Å². The fraction of sp³-hybridized carbons (Fsp3) is 0.591. The highest BCUT2D eigenvalue weighted by Crippen LogP contribution is 2.32. The van der Waals surface area contributed by atoms with Crippen LogP contribution in [0.3, 0.4) is 0 Å². The van der Waals surface area contributed by atoms with Gasteiger partial charge in [-0.05, 0) is 49.8 Å². The van der Waals surface area contributed by atoms with Crippen LogP contribution in [0.4, 0.5) is 5.69 Å². The molecule has 0 spiro atoms. The van der Waals surface area contributed by atoms with E-state index < -0.39 is 0 Å². The molecule has 1 amide bonds. The molecule has 3 heterocycles. The van der Waals surface area contributed by atoms with Crippen LogP contribution in [0, 0.1) is 17.2 Å². The molecule has 7 nitrogen and oxygen atoms in total. The van der Waals surface area contributed by atoms with Gasteiger partial charge < -0.3 is 4.90 Å². The maximum absolute atomic E-state index is 12.8. The molecule has 3 aliphatic rings. The normalized spacial score (nSPS) is 27.2. The lowest BCUT2D eigenvalue weighted by molar-refractivity contribution is -0.129. The first-order valence-electron chi connectivity index (χ1n) is 10.9.